The SMILES string of the molecule is CN(CCS(C)(=O)=O)C(=O)c1cc(N)ccc1Br. The summed E-state index contributed by atoms with van der Waals surface area (Å²) in [4.78, 5) is 13.4. The number of nitrogen functional groups attached to an aromatic ring is 1. The number of carbonyl (C=O) groups is 1. The molecule has 1 aromatic carbocycles. The smallest absolute Gasteiger partial charge is 0.254 e. The van der Waals surface area contributed by atoms with Gasteiger partial charge in [0.15, 0.2) is 0 Å². The first-order valence-corrected chi connectivity index (χ1v) is 8.04. The van der Waals surface area contributed by atoms with E-state index in [9.17, 15) is 13.2 Å². The molecule has 0 fully saturated rings. The Kier molecular flexibility index (Phi) is 4.75. The van der Waals surface area contributed by atoms with Crippen LogP contribution in [0.3, 0.4) is 0 Å². The van der Waals surface area contributed by atoms with E-state index in [0.29, 0.717) is 15.7 Å². The summed E-state index contributed by atoms with van der Waals surface area (Å²) in [5.74, 6) is -0.326. The van der Waals surface area contributed by atoms with Crippen LogP contribution in [0.25, 0.3) is 0 Å². The van der Waals surface area contributed by atoms with Crippen molar-refractivity contribution in [3.8, 4) is 0 Å². The Morgan fingerprint density at radius 3 is 2.61 bits per heavy atom. The first-order chi connectivity index (χ1) is 8.20. The first kappa shape index (κ1) is 15.0. The molecule has 0 heterocycles. The summed E-state index contributed by atoms with van der Waals surface area (Å²) in [6.07, 6.45) is 1.14. The fourth-order valence-corrected chi connectivity index (χ4v) is 2.34. The van der Waals surface area contributed by atoms with E-state index >= 15 is 0 Å². The van der Waals surface area contributed by atoms with Gasteiger partial charge in [0.05, 0.1) is 11.3 Å². The molecule has 1 amide bonds. The lowest BCUT2D eigenvalue weighted by Gasteiger charge is -2.17. The minimum atomic E-state index is -3.08. The summed E-state index contributed by atoms with van der Waals surface area (Å²) in [5, 5.41) is 0. The molecule has 18 heavy (non-hydrogen) atoms. The van der Waals surface area contributed by atoms with Crippen LogP contribution in [0.4, 0.5) is 5.69 Å². The fourth-order valence-electron chi connectivity index (χ4n) is 1.32. The molecule has 0 aliphatic carbocycles. The second kappa shape index (κ2) is 5.71. The third-order valence-corrected chi connectivity index (χ3v) is 3.98. The van der Waals surface area contributed by atoms with E-state index in [1.165, 1.54) is 4.90 Å². The van der Waals surface area contributed by atoms with E-state index < -0.39 is 9.84 Å². The van der Waals surface area contributed by atoms with Crippen molar-refractivity contribution in [2.45, 2.75) is 0 Å². The zero-order valence-electron chi connectivity index (χ0n) is 10.2. The van der Waals surface area contributed by atoms with Crippen LogP contribution >= 0.6 is 15.9 Å². The van der Waals surface area contributed by atoms with Gasteiger partial charge in [-0.15, -0.1) is 0 Å². The Balaban J connectivity index is 2.83. The number of nitrogens with two attached hydrogens (primary N) is 1. The van der Waals surface area contributed by atoms with Crippen LogP contribution in [-0.2, 0) is 9.84 Å². The molecular formula is C11H15BrN2O3S. The van der Waals surface area contributed by atoms with E-state index in [-0.39, 0.29) is 18.2 Å². The lowest BCUT2D eigenvalue weighted by atomic mass is 10.2. The van der Waals surface area contributed by atoms with Crippen molar-refractivity contribution in [1.29, 1.82) is 0 Å². The number of halogens is 1. The Morgan fingerprint density at radius 1 is 1.44 bits per heavy atom. The van der Waals surface area contributed by atoms with Crippen LogP contribution in [-0.4, -0.2) is 44.8 Å². The van der Waals surface area contributed by atoms with E-state index in [0.717, 1.165) is 6.26 Å². The van der Waals surface area contributed by atoms with Crippen LogP contribution < -0.4 is 5.73 Å². The molecule has 0 aliphatic heterocycles. The standard InChI is InChI=1S/C11H15BrN2O3S/c1-14(5-6-18(2,16)17)11(15)9-7-8(13)3-4-10(9)12/h3-4,7H,5-6,13H2,1-2H3. The van der Waals surface area contributed by atoms with E-state index in [1.54, 1.807) is 25.2 Å². The van der Waals surface area contributed by atoms with Gasteiger partial charge in [-0.25, -0.2) is 8.42 Å². The number of benzene rings is 1. The summed E-state index contributed by atoms with van der Waals surface area (Å²) < 4.78 is 22.7. The number of sulfone groups is 1. The highest BCUT2D eigenvalue weighted by molar-refractivity contribution is 9.10. The molecule has 0 aliphatic rings. The van der Waals surface area contributed by atoms with Crippen molar-refractivity contribution in [2.75, 3.05) is 31.3 Å². The summed E-state index contributed by atoms with van der Waals surface area (Å²) in [6, 6.07) is 4.92. The van der Waals surface area contributed by atoms with E-state index in [1.807, 2.05) is 0 Å². The van der Waals surface area contributed by atoms with Gasteiger partial charge in [-0.1, -0.05) is 0 Å². The maximum absolute atomic E-state index is 12.1. The monoisotopic (exact) mass is 334 g/mol. The van der Waals surface area contributed by atoms with Gasteiger partial charge in [0.1, 0.15) is 9.84 Å². The molecule has 0 unspecified atom stereocenters. The van der Waals surface area contributed by atoms with Gasteiger partial charge < -0.3 is 10.6 Å². The largest absolute Gasteiger partial charge is 0.399 e. The second-order valence-electron chi connectivity index (χ2n) is 4.10. The minimum absolute atomic E-state index is 0.0603. The Morgan fingerprint density at radius 2 is 2.06 bits per heavy atom. The number of nitrogens with zero attached hydrogens (tertiary/aromatic N) is 1. The molecule has 1 aromatic rings. The minimum Gasteiger partial charge on any atom is -0.399 e. The number of anilines is 1. The summed E-state index contributed by atoms with van der Waals surface area (Å²) in [5.41, 5.74) is 6.53. The van der Waals surface area contributed by atoms with Crippen LogP contribution in [0.5, 0.6) is 0 Å². The Labute approximate surface area is 115 Å². The topological polar surface area (TPSA) is 80.5 Å². The number of hydrogen-bond acceptors (Lipinski definition) is 4. The van der Waals surface area contributed by atoms with E-state index in [4.69, 9.17) is 5.73 Å². The summed E-state index contributed by atoms with van der Waals surface area (Å²) in [7, 11) is -1.52. The van der Waals surface area contributed by atoms with Gasteiger partial charge in [-0.05, 0) is 34.1 Å². The molecule has 0 atom stereocenters. The molecule has 100 valence electrons. The Hall–Kier alpha value is -1.08. The zero-order valence-corrected chi connectivity index (χ0v) is 12.6. The highest BCUT2D eigenvalue weighted by atomic mass is 79.9. The van der Waals surface area contributed by atoms with Crippen LogP contribution in [0.15, 0.2) is 22.7 Å². The van der Waals surface area contributed by atoms with Crippen LogP contribution in [0.2, 0.25) is 0 Å². The molecule has 0 radical (unpaired) electrons. The third-order valence-electron chi connectivity index (χ3n) is 2.37. The van der Waals surface area contributed by atoms with Crippen molar-refractivity contribution < 1.29 is 13.2 Å². The maximum atomic E-state index is 12.1. The van der Waals surface area contributed by atoms with Gasteiger partial charge >= 0.3 is 0 Å². The molecule has 2 N–H and O–H groups in total. The predicted molar refractivity (Wildman–Crippen MR) is 75.2 cm³/mol. The molecule has 7 heteroatoms. The summed E-state index contributed by atoms with van der Waals surface area (Å²) >= 11 is 3.27. The average molecular weight is 335 g/mol. The number of carbonyl (C=O) groups excluding carboxylic acids is 1. The molecular weight excluding hydrogens is 320 g/mol. The first-order valence-electron chi connectivity index (χ1n) is 5.19. The van der Waals surface area contributed by atoms with Crippen LogP contribution in [0.1, 0.15) is 10.4 Å². The highest BCUT2D eigenvalue weighted by Crippen LogP contribution is 2.20. The maximum Gasteiger partial charge on any atom is 0.254 e. The number of rotatable bonds is 4. The molecule has 0 bridgehead atoms. The lowest BCUT2D eigenvalue weighted by Crippen LogP contribution is -2.31. The molecule has 1 rings (SSSR count). The molecule has 5 nitrogen and oxygen atoms in total. The van der Waals surface area contributed by atoms with Crippen molar-refractivity contribution >= 4 is 37.4 Å². The van der Waals surface area contributed by atoms with Crippen molar-refractivity contribution in [2.24, 2.45) is 0 Å². The van der Waals surface area contributed by atoms with E-state index in [2.05, 4.69) is 15.9 Å². The number of hydrogen-bond donors (Lipinski definition) is 1. The predicted octanol–water partition coefficient (Wildman–Crippen LogP) is 1.15. The molecule has 0 spiro atoms. The molecule has 0 saturated carbocycles. The molecule has 0 saturated heterocycles. The van der Waals surface area contributed by atoms with Gasteiger partial charge in [0.25, 0.3) is 5.91 Å². The number of amides is 1. The zero-order chi connectivity index (χ0) is 13.9. The third kappa shape index (κ3) is 4.30. The van der Waals surface area contributed by atoms with Crippen molar-refractivity contribution in [3.63, 3.8) is 0 Å². The van der Waals surface area contributed by atoms with Gasteiger partial charge in [-0.2, -0.15) is 0 Å². The Bertz CT molecular complexity index is 557. The van der Waals surface area contributed by atoms with Crippen molar-refractivity contribution in [3.05, 3.63) is 28.2 Å². The van der Waals surface area contributed by atoms with Crippen molar-refractivity contribution in [1.82, 2.24) is 4.90 Å². The van der Waals surface area contributed by atoms with Crippen LogP contribution in [0, 0.1) is 0 Å². The second-order valence-corrected chi connectivity index (χ2v) is 7.21. The van der Waals surface area contributed by atoms with Gasteiger partial charge in [0, 0.05) is 30.0 Å². The normalized spacial score (nSPS) is 11.3. The molecule has 0 aromatic heterocycles. The fraction of sp³-hybridized carbons (Fsp3) is 0.364. The average Bonchev–Trinajstić information content (AvgIpc) is 2.27. The lowest BCUT2D eigenvalue weighted by molar-refractivity contribution is 0.0802. The summed E-state index contributed by atoms with van der Waals surface area (Å²) in [6.45, 7) is 0.152. The quantitative estimate of drug-likeness (QED) is 0.837. The van der Waals surface area contributed by atoms with Gasteiger partial charge in [0.2, 0.25) is 0 Å². The highest BCUT2D eigenvalue weighted by Gasteiger charge is 2.16. The van der Waals surface area contributed by atoms with Gasteiger partial charge in [-0.3, -0.25) is 4.79 Å².